The lowest BCUT2D eigenvalue weighted by molar-refractivity contribution is -0.117. The monoisotopic (exact) mass is 236 g/mol. The first-order chi connectivity index (χ1) is 7.77. The molecule has 0 aliphatic carbocycles. The molecule has 1 aromatic rings. The molecular weight excluding hydrogens is 224 g/mol. The van der Waals surface area contributed by atoms with Crippen molar-refractivity contribution >= 4 is 23.3 Å². The van der Waals surface area contributed by atoms with E-state index < -0.39 is 0 Å². The summed E-state index contributed by atoms with van der Waals surface area (Å²) < 4.78 is 4.80. The van der Waals surface area contributed by atoms with Crippen molar-refractivity contribution in [3.63, 3.8) is 0 Å². The van der Waals surface area contributed by atoms with Gasteiger partial charge in [-0.1, -0.05) is 0 Å². The molecule has 1 aromatic heterocycles. The summed E-state index contributed by atoms with van der Waals surface area (Å²) in [5.74, 6) is -0.370. The Kier molecular flexibility index (Phi) is 5.26. The summed E-state index contributed by atoms with van der Waals surface area (Å²) in [6, 6.07) is 3.73. The number of methoxy groups -OCH3 is 1. The molecule has 1 heterocycles. The van der Waals surface area contributed by atoms with Crippen LogP contribution in [0.2, 0.25) is 0 Å². The molecule has 0 bridgehead atoms. The molecule has 4 nitrogen and oxygen atoms in total. The van der Waals surface area contributed by atoms with Crippen molar-refractivity contribution < 1.29 is 9.53 Å². The number of amides is 1. The smallest absolute Gasteiger partial charge is 0.262 e. The Bertz CT molecular complexity index is 404. The second kappa shape index (κ2) is 6.77. The Morgan fingerprint density at radius 2 is 2.56 bits per heavy atom. The van der Waals surface area contributed by atoms with Crippen LogP contribution in [-0.4, -0.2) is 26.2 Å². The minimum Gasteiger partial charge on any atom is -0.383 e. The van der Waals surface area contributed by atoms with E-state index in [4.69, 9.17) is 10.00 Å². The second-order valence-corrected chi connectivity index (χ2v) is 3.76. The van der Waals surface area contributed by atoms with E-state index in [1.54, 1.807) is 13.2 Å². The summed E-state index contributed by atoms with van der Waals surface area (Å²) in [6.07, 6.45) is 1.57. The van der Waals surface area contributed by atoms with Crippen LogP contribution in [0, 0.1) is 11.3 Å². The number of rotatable bonds is 5. The predicted molar refractivity (Wildman–Crippen MR) is 62.8 cm³/mol. The minimum atomic E-state index is -0.370. The van der Waals surface area contributed by atoms with Gasteiger partial charge in [0, 0.05) is 13.7 Å². The van der Waals surface area contributed by atoms with Crippen LogP contribution >= 0.6 is 11.3 Å². The summed E-state index contributed by atoms with van der Waals surface area (Å²) in [4.78, 5) is 11.5. The number of nitrogens with zero attached hydrogens (tertiary/aromatic N) is 1. The van der Waals surface area contributed by atoms with Gasteiger partial charge in [0.05, 0.1) is 6.61 Å². The van der Waals surface area contributed by atoms with Gasteiger partial charge in [-0.2, -0.15) is 16.6 Å². The van der Waals surface area contributed by atoms with Gasteiger partial charge >= 0.3 is 0 Å². The van der Waals surface area contributed by atoms with Crippen LogP contribution in [-0.2, 0) is 9.53 Å². The zero-order valence-electron chi connectivity index (χ0n) is 8.90. The zero-order chi connectivity index (χ0) is 11.8. The van der Waals surface area contributed by atoms with Crippen LogP contribution in [0.5, 0.6) is 0 Å². The average molecular weight is 236 g/mol. The maximum absolute atomic E-state index is 11.5. The van der Waals surface area contributed by atoms with Crippen LogP contribution in [0.4, 0.5) is 0 Å². The molecule has 0 aliphatic rings. The summed E-state index contributed by atoms with van der Waals surface area (Å²) >= 11 is 1.52. The molecule has 0 radical (unpaired) electrons. The third-order valence-electron chi connectivity index (χ3n) is 1.81. The Balaban J connectivity index is 2.61. The number of ether oxygens (including phenoxy) is 1. The van der Waals surface area contributed by atoms with Gasteiger partial charge in [0.1, 0.15) is 11.6 Å². The number of hydrogen-bond donors (Lipinski definition) is 1. The van der Waals surface area contributed by atoms with E-state index in [9.17, 15) is 4.79 Å². The van der Waals surface area contributed by atoms with Crippen LogP contribution in [0.1, 0.15) is 5.56 Å². The SMILES string of the molecule is COCCNC(=O)/C(C#N)=C/c1ccsc1. The highest BCUT2D eigenvalue weighted by Crippen LogP contribution is 2.10. The van der Waals surface area contributed by atoms with Gasteiger partial charge in [-0.15, -0.1) is 0 Å². The van der Waals surface area contributed by atoms with Crippen molar-refractivity contribution in [2.24, 2.45) is 0 Å². The van der Waals surface area contributed by atoms with Gasteiger partial charge in [0.2, 0.25) is 0 Å². The van der Waals surface area contributed by atoms with Gasteiger partial charge < -0.3 is 10.1 Å². The fourth-order valence-corrected chi connectivity index (χ4v) is 1.65. The normalized spacial score (nSPS) is 10.9. The summed E-state index contributed by atoms with van der Waals surface area (Å²) in [7, 11) is 1.55. The third-order valence-corrected chi connectivity index (χ3v) is 2.51. The first-order valence-electron chi connectivity index (χ1n) is 4.69. The summed E-state index contributed by atoms with van der Waals surface area (Å²) in [5.41, 5.74) is 0.970. The molecule has 0 saturated heterocycles. The molecular formula is C11H12N2O2S. The molecule has 0 spiro atoms. The summed E-state index contributed by atoms with van der Waals surface area (Å²) in [5, 5.41) is 15.2. The number of nitriles is 1. The minimum absolute atomic E-state index is 0.106. The fourth-order valence-electron chi connectivity index (χ4n) is 1.03. The molecule has 0 fully saturated rings. The van der Waals surface area contributed by atoms with Crippen LogP contribution < -0.4 is 5.32 Å². The van der Waals surface area contributed by atoms with Gasteiger partial charge in [0.25, 0.3) is 5.91 Å². The maximum Gasteiger partial charge on any atom is 0.262 e. The molecule has 0 atom stereocenters. The molecule has 0 saturated carbocycles. The highest BCUT2D eigenvalue weighted by molar-refractivity contribution is 7.08. The number of carbonyl (C=O) groups is 1. The van der Waals surface area contributed by atoms with E-state index in [-0.39, 0.29) is 11.5 Å². The van der Waals surface area contributed by atoms with Crippen LogP contribution in [0.15, 0.2) is 22.4 Å². The third kappa shape index (κ3) is 3.85. The van der Waals surface area contributed by atoms with E-state index in [1.807, 2.05) is 22.9 Å². The first kappa shape index (κ1) is 12.4. The number of nitrogens with one attached hydrogen (secondary N) is 1. The van der Waals surface area contributed by atoms with Crippen molar-refractivity contribution in [3.8, 4) is 6.07 Å². The van der Waals surface area contributed by atoms with Crippen molar-refractivity contribution in [1.29, 1.82) is 5.26 Å². The molecule has 1 rings (SSSR count). The highest BCUT2D eigenvalue weighted by Gasteiger charge is 2.07. The van der Waals surface area contributed by atoms with Gasteiger partial charge in [-0.05, 0) is 28.5 Å². The molecule has 84 valence electrons. The second-order valence-electron chi connectivity index (χ2n) is 2.98. The molecule has 0 unspecified atom stereocenters. The number of thiophene rings is 1. The van der Waals surface area contributed by atoms with E-state index in [1.165, 1.54) is 11.3 Å². The topological polar surface area (TPSA) is 62.1 Å². The van der Waals surface area contributed by atoms with Crippen molar-refractivity contribution in [2.75, 3.05) is 20.3 Å². The molecule has 16 heavy (non-hydrogen) atoms. The Hall–Kier alpha value is -1.64. The first-order valence-corrected chi connectivity index (χ1v) is 5.63. The fraction of sp³-hybridized carbons (Fsp3) is 0.273. The molecule has 1 amide bonds. The molecule has 0 aliphatic heterocycles. The lowest BCUT2D eigenvalue weighted by atomic mass is 10.2. The standard InChI is InChI=1S/C11H12N2O2S/c1-15-4-3-13-11(14)10(7-12)6-9-2-5-16-8-9/h2,5-6,8H,3-4H2,1H3,(H,13,14)/b10-6+. The number of hydrogen-bond acceptors (Lipinski definition) is 4. The predicted octanol–water partition coefficient (Wildman–Crippen LogP) is 1.42. The lowest BCUT2D eigenvalue weighted by Crippen LogP contribution is -2.27. The van der Waals surface area contributed by atoms with Crippen LogP contribution in [0.3, 0.4) is 0 Å². The Morgan fingerprint density at radius 1 is 1.75 bits per heavy atom. The average Bonchev–Trinajstić information content (AvgIpc) is 2.78. The van der Waals surface area contributed by atoms with Gasteiger partial charge in [-0.25, -0.2) is 0 Å². The Labute approximate surface area is 98.2 Å². The Morgan fingerprint density at radius 3 is 3.12 bits per heavy atom. The van der Waals surface area contributed by atoms with E-state index in [0.29, 0.717) is 13.2 Å². The van der Waals surface area contributed by atoms with Gasteiger partial charge in [0.15, 0.2) is 0 Å². The molecule has 5 heteroatoms. The highest BCUT2D eigenvalue weighted by atomic mass is 32.1. The van der Waals surface area contributed by atoms with Crippen molar-refractivity contribution in [1.82, 2.24) is 5.32 Å². The van der Waals surface area contributed by atoms with Gasteiger partial charge in [-0.3, -0.25) is 4.79 Å². The molecule has 0 aromatic carbocycles. The number of carbonyl (C=O) groups excluding carboxylic acids is 1. The lowest BCUT2D eigenvalue weighted by Gasteiger charge is -2.02. The maximum atomic E-state index is 11.5. The van der Waals surface area contributed by atoms with E-state index in [0.717, 1.165) is 5.56 Å². The van der Waals surface area contributed by atoms with Crippen molar-refractivity contribution in [3.05, 3.63) is 28.0 Å². The largest absolute Gasteiger partial charge is 0.383 e. The zero-order valence-corrected chi connectivity index (χ0v) is 9.71. The van der Waals surface area contributed by atoms with E-state index in [2.05, 4.69) is 5.32 Å². The van der Waals surface area contributed by atoms with Crippen LogP contribution in [0.25, 0.3) is 6.08 Å². The van der Waals surface area contributed by atoms with Crippen molar-refractivity contribution in [2.45, 2.75) is 0 Å². The quantitative estimate of drug-likeness (QED) is 0.478. The summed E-state index contributed by atoms with van der Waals surface area (Å²) in [6.45, 7) is 0.834. The molecule has 1 N–H and O–H groups in total. The van der Waals surface area contributed by atoms with E-state index >= 15 is 0 Å².